The predicted molar refractivity (Wildman–Crippen MR) is 143 cm³/mol. The molecule has 0 aromatic heterocycles. The number of nitrogens with zero attached hydrogens (tertiary/aromatic N) is 3. The van der Waals surface area contributed by atoms with E-state index in [1.165, 1.54) is 9.80 Å². The van der Waals surface area contributed by atoms with Gasteiger partial charge in [0, 0.05) is 38.7 Å². The summed E-state index contributed by atoms with van der Waals surface area (Å²) in [6, 6.07) is 15.9. The van der Waals surface area contributed by atoms with E-state index in [1.54, 1.807) is 20.2 Å². The van der Waals surface area contributed by atoms with E-state index >= 15 is 0 Å². The number of esters is 1. The fraction of sp³-hybridized carbons (Fsp3) is 0.467. The average molecular weight is 520 g/mol. The maximum Gasteiger partial charge on any atom is 0.329 e. The Morgan fingerprint density at radius 1 is 0.947 bits per heavy atom. The van der Waals surface area contributed by atoms with Crippen LogP contribution in [0.15, 0.2) is 54.6 Å². The van der Waals surface area contributed by atoms with Gasteiger partial charge in [-0.3, -0.25) is 14.4 Å². The fourth-order valence-electron chi connectivity index (χ4n) is 5.40. The Labute approximate surface area is 224 Å². The van der Waals surface area contributed by atoms with Crippen molar-refractivity contribution >= 4 is 23.7 Å². The number of carbonyl (C=O) groups excluding carboxylic acids is 4. The number of carbonyl (C=O) groups is 4. The van der Waals surface area contributed by atoms with E-state index in [4.69, 9.17) is 4.74 Å². The number of aryl methyl sites for hydroxylation is 1. The zero-order valence-corrected chi connectivity index (χ0v) is 22.5. The molecule has 2 bridgehead atoms. The van der Waals surface area contributed by atoms with E-state index in [0.29, 0.717) is 18.0 Å². The second kappa shape index (κ2) is 12.2. The lowest BCUT2D eigenvalue weighted by molar-refractivity contribution is -0.150. The molecule has 202 valence electrons. The Morgan fingerprint density at radius 2 is 1.71 bits per heavy atom. The molecule has 1 fully saturated rings. The van der Waals surface area contributed by atoms with Crippen molar-refractivity contribution in [1.82, 2.24) is 14.7 Å². The molecule has 2 aromatic carbocycles. The van der Waals surface area contributed by atoms with Crippen molar-refractivity contribution in [3.63, 3.8) is 0 Å². The number of likely N-dealkylation sites (N-methyl/N-ethyl adjacent to an activating group) is 2. The van der Waals surface area contributed by atoms with E-state index in [2.05, 4.69) is 6.92 Å². The van der Waals surface area contributed by atoms with Gasteiger partial charge in [0.25, 0.3) is 5.91 Å². The molecule has 2 aliphatic rings. The molecule has 1 saturated heterocycles. The Kier molecular flexibility index (Phi) is 8.81. The van der Waals surface area contributed by atoms with Crippen LogP contribution >= 0.6 is 0 Å². The van der Waals surface area contributed by atoms with E-state index < -0.39 is 12.0 Å². The lowest BCUT2D eigenvalue weighted by atomic mass is 9.99. The lowest BCUT2D eigenvalue weighted by Gasteiger charge is -2.29. The molecule has 8 heteroatoms. The summed E-state index contributed by atoms with van der Waals surface area (Å²) in [7, 11) is 3.18. The molecular weight excluding hydrogens is 482 g/mol. The molecule has 2 heterocycles. The molecule has 0 spiro atoms. The van der Waals surface area contributed by atoms with Gasteiger partial charge < -0.3 is 19.4 Å². The minimum atomic E-state index is -0.945. The zero-order valence-electron chi connectivity index (χ0n) is 22.5. The van der Waals surface area contributed by atoms with Crippen LogP contribution in [0.3, 0.4) is 0 Å². The summed E-state index contributed by atoms with van der Waals surface area (Å²) in [6.07, 6.45) is 2.54. The first-order chi connectivity index (χ1) is 18.2. The monoisotopic (exact) mass is 519 g/mol. The third-order valence-corrected chi connectivity index (χ3v) is 7.60. The smallest absolute Gasteiger partial charge is 0.329 e. The second-order valence-corrected chi connectivity index (χ2v) is 10.6. The Balaban J connectivity index is 1.58. The van der Waals surface area contributed by atoms with Gasteiger partial charge in [-0.1, -0.05) is 49.4 Å². The summed E-state index contributed by atoms with van der Waals surface area (Å²) in [6.45, 7) is 2.90. The van der Waals surface area contributed by atoms with E-state index in [9.17, 15) is 19.2 Å². The molecule has 0 N–H and O–H groups in total. The van der Waals surface area contributed by atoms with Crippen molar-refractivity contribution in [2.75, 3.05) is 27.2 Å². The number of hydrogen-bond donors (Lipinski definition) is 0. The normalized spacial score (nSPS) is 23.4. The number of hydrogen-bond acceptors (Lipinski definition) is 5. The van der Waals surface area contributed by atoms with Gasteiger partial charge in [-0.2, -0.15) is 0 Å². The van der Waals surface area contributed by atoms with Crippen LogP contribution in [0.25, 0.3) is 0 Å². The minimum Gasteiger partial charge on any atom is -0.459 e. The van der Waals surface area contributed by atoms with Gasteiger partial charge >= 0.3 is 5.97 Å². The molecule has 4 rings (SSSR count). The van der Waals surface area contributed by atoms with Gasteiger partial charge in [0.15, 0.2) is 0 Å². The van der Waals surface area contributed by atoms with Crippen molar-refractivity contribution < 1.29 is 23.9 Å². The third kappa shape index (κ3) is 6.60. The van der Waals surface area contributed by atoms with Crippen molar-refractivity contribution in [1.29, 1.82) is 0 Å². The second-order valence-electron chi connectivity index (χ2n) is 10.6. The highest BCUT2D eigenvalue weighted by molar-refractivity contribution is 5.97. The third-order valence-electron chi connectivity index (χ3n) is 7.60. The topological polar surface area (TPSA) is 87.2 Å². The summed E-state index contributed by atoms with van der Waals surface area (Å²) in [5.41, 5.74) is 2.33. The highest BCUT2D eigenvalue weighted by Gasteiger charge is 2.34. The van der Waals surface area contributed by atoms with Gasteiger partial charge in [-0.05, 0) is 54.9 Å². The molecule has 3 atom stereocenters. The Morgan fingerprint density at radius 3 is 2.47 bits per heavy atom. The highest BCUT2D eigenvalue weighted by Crippen LogP contribution is 2.27. The molecule has 0 unspecified atom stereocenters. The first kappa shape index (κ1) is 27.4. The van der Waals surface area contributed by atoms with Crippen LogP contribution < -0.4 is 0 Å². The first-order valence-corrected chi connectivity index (χ1v) is 13.3. The summed E-state index contributed by atoms with van der Waals surface area (Å²) in [4.78, 5) is 57.5. The molecule has 3 amide bonds. The zero-order chi connectivity index (χ0) is 27.2. The van der Waals surface area contributed by atoms with Crippen molar-refractivity contribution in [2.24, 2.45) is 5.92 Å². The molecule has 2 aliphatic heterocycles. The maximum absolute atomic E-state index is 13.5. The number of rotatable bonds is 3. The molecule has 2 aromatic rings. The van der Waals surface area contributed by atoms with Gasteiger partial charge in [-0.25, -0.2) is 4.79 Å². The highest BCUT2D eigenvalue weighted by atomic mass is 16.5. The minimum absolute atomic E-state index is 0.00454. The number of fused-ring (bicyclic) bond motifs is 3. The molecule has 8 nitrogen and oxygen atoms in total. The molecular formula is C30H37N3O5. The summed E-state index contributed by atoms with van der Waals surface area (Å²) in [5, 5.41) is 0. The van der Waals surface area contributed by atoms with Crippen LogP contribution in [0.2, 0.25) is 0 Å². The lowest BCUT2D eigenvalue weighted by Crippen LogP contribution is -2.45. The average Bonchev–Trinajstić information content (AvgIpc) is 3.30. The number of amides is 3. The summed E-state index contributed by atoms with van der Waals surface area (Å²) < 4.78 is 5.57. The van der Waals surface area contributed by atoms with Gasteiger partial charge in [0.05, 0.1) is 6.54 Å². The van der Waals surface area contributed by atoms with E-state index in [1.807, 2.05) is 53.4 Å². The van der Waals surface area contributed by atoms with Gasteiger partial charge in [0.1, 0.15) is 12.6 Å². The first-order valence-electron chi connectivity index (χ1n) is 13.3. The number of ether oxygens (including phenoxy) is 1. The van der Waals surface area contributed by atoms with Gasteiger partial charge in [0.2, 0.25) is 11.8 Å². The SMILES string of the molecule is C[C@@H]1C[C@H]2CCc3cccc(c3)C(=O)N(C)[C@H](C(=O)OCc3ccccc3)CCC(=O)N(C)CC(=O)N2C1. The van der Waals surface area contributed by atoms with Crippen molar-refractivity contribution in [3.05, 3.63) is 71.3 Å². The fourth-order valence-corrected chi connectivity index (χ4v) is 5.40. The largest absolute Gasteiger partial charge is 0.459 e. The van der Waals surface area contributed by atoms with Crippen LogP contribution in [-0.4, -0.2) is 77.7 Å². The summed E-state index contributed by atoms with van der Waals surface area (Å²) in [5.74, 6) is -0.772. The Bertz CT molecular complexity index is 1170. The molecule has 38 heavy (non-hydrogen) atoms. The quantitative estimate of drug-likeness (QED) is 0.581. The predicted octanol–water partition coefficient (Wildman–Crippen LogP) is 3.29. The van der Waals surface area contributed by atoms with Crippen LogP contribution in [0.5, 0.6) is 0 Å². The van der Waals surface area contributed by atoms with E-state index in [0.717, 1.165) is 30.4 Å². The van der Waals surface area contributed by atoms with Crippen LogP contribution in [0.1, 0.15) is 54.1 Å². The van der Waals surface area contributed by atoms with Gasteiger partial charge in [-0.15, -0.1) is 0 Å². The molecule has 0 aliphatic carbocycles. The van der Waals surface area contributed by atoms with Crippen molar-refractivity contribution in [2.45, 2.75) is 57.7 Å². The maximum atomic E-state index is 13.5. The summed E-state index contributed by atoms with van der Waals surface area (Å²) >= 11 is 0. The standard InChI is InChI=1S/C30H37N3O5/c1-21-16-25-13-12-22-10-7-11-24(17-22)29(36)32(3)26(30(37)38-20-23-8-5-4-6-9-23)14-15-27(34)31(2)19-28(35)33(25)18-21/h4-11,17,21,25-26H,12-16,18-20H2,1-3H3/t21-,25-,26+/m1/s1. The Hall–Kier alpha value is -3.68. The van der Waals surface area contributed by atoms with Crippen molar-refractivity contribution in [3.8, 4) is 0 Å². The molecule has 0 saturated carbocycles. The molecule has 0 radical (unpaired) electrons. The van der Waals surface area contributed by atoms with E-state index in [-0.39, 0.29) is 49.8 Å². The number of benzene rings is 2. The van der Waals surface area contributed by atoms with Crippen LogP contribution in [0, 0.1) is 5.92 Å². The van der Waals surface area contributed by atoms with Crippen LogP contribution in [-0.2, 0) is 32.1 Å². The van der Waals surface area contributed by atoms with Crippen LogP contribution in [0.4, 0.5) is 0 Å².